The first-order valence-electron chi connectivity index (χ1n) is 6.97. The first kappa shape index (κ1) is 14.6. The predicted octanol–water partition coefficient (Wildman–Crippen LogP) is 2.43. The fourth-order valence-electron chi connectivity index (χ4n) is 2.19. The van der Waals surface area contributed by atoms with Gasteiger partial charge in [-0.1, -0.05) is 30.3 Å². The van der Waals surface area contributed by atoms with E-state index in [0.29, 0.717) is 12.4 Å². The van der Waals surface area contributed by atoms with Crippen LogP contribution in [0.5, 0.6) is 0 Å². The first-order chi connectivity index (χ1) is 11.2. The highest BCUT2D eigenvalue weighted by molar-refractivity contribution is 5.42. The largest absolute Gasteiger partial charge is 0.361 e. The van der Waals surface area contributed by atoms with Gasteiger partial charge in [-0.2, -0.15) is 5.10 Å². The van der Waals surface area contributed by atoms with Gasteiger partial charge in [0.05, 0.1) is 17.5 Å². The number of aromatic nitrogens is 4. The molecule has 3 rings (SSSR count). The summed E-state index contributed by atoms with van der Waals surface area (Å²) in [6, 6.07) is 12.8. The average Bonchev–Trinajstić information content (AvgIpc) is 3.09. The molecule has 3 aromatic rings. The second-order valence-corrected chi connectivity index (χ2v) is 4.88. The van der Waals surface area contributed by atoms with Gasteiger partial charge in [0.15, 0.2) is 0 Å². The van der Waals surface area contributed by atoms with E-state index < -0.39 is 4.92 Å². The molecule has 1 atom stereocenters. The molecule has 0 radical (unpaired) electrons. The predicted molar refractivity (Wildman–Crippen MR) is 83.7 cm³/mol. The molecule has 0 saturated carbocycles. The monoisotopic (exact) mass is 310 g/mol. The summed E-state index contributed by atoms with van der Waals surface area (Å²) in [5.74, 6) is 0.560. The number of pyridine rings is 1. The summed E-state index contributed by atoms with van der Waals surface area (Å²) >= 11 is 0. The Morgan fingerprint density at radius 3 is 2.65 bits per heavy atom. The molecular formula is C15H14N6O2. The molecular weight excluding hydrogens is 296 g/mol. The average molecular weight is 310 g/mol. The van der Waals surface area contributed by atoms with E-state index in [-0.39, 0.29) is 11.7 Å². The Morgan fingerprint density at radius 1 is 1.22 bits per heavy atom. The molecule has 116 valence electrons. The van der Waals surface area contributed by atoms with E-state index in [1.54, 1.807) is 17.1 Å². The first-order valence-corrected chi connectivity index (χ1v) is 6.97. The second kappa shape index (κ2) is 6.65. The van der Waals surface area contributed by atoms with Gasteiger partial charge in [0.25, 0.3) is 5.69 Å². The van der Waals surface area contributed by atoms with Gasteiger partial charge in [0, 0.05) is 6.07 Å². The molecule has 0 unspecified atom stereocenters. The van der Waals surface area contributed by atoms with Gasteiger partial charge in [-0.05, 0) is 11.6 Å². The molecule has 8 nitrogen and oxygen atoms in total. The van der Waals surface area contributed by atoms with E-state index in [2.05, 4.69) is 20.4 Å². The summed E-state index contributed by atoms with van der Waals surface area (Å²) in [6.07, 6.45) is 4.35. The van der Waals surface area contributed by atoms with Crippen molar-refractivity contribution in [2.24, 2.45) is 0 Å². The zero-order chi connectivity index (χ0) is 16.1. The molecule has 0 amide bonds. The maximum atomic E-state index is 10.7. The number of hydrogen-bond acceptors (Lipinski definition) is 6. The van der Waals surface area contributed by atoms with Crippen LogP contribution in [0.2, 0.25) is 0 Å². The molecule has 2 heterocycles. The van der Waals surface area contributed by atoms with E-state index in [9.17, 15) is 10.1 Å². The quantitative estimate of drug-likeness (QED) is 0.554. The number of anilines is 1. The molecule has 0 bridgehead atoms. The Hall–Kier alpha value is -3.29. The summed E-state index contributed by atoms with van der Waals surface area (Å²) in [7, 11) is 0. The normalized spacial score (nSPS) is 11.8. The molecule has 8 heteroatoms. The van der Waals surface area contributed by atoms with Crippen molar-refractivity contribution in [3.8, 4) is 0 Å². The van der Waals surface area contributed by atoms with E-state index in [4.69, 9.17) is 0 Å². The van der Waals surface area contributed by atoms with Gasteiger partial charge in [-0.15, -0.1) is 0 Å². The van der Waals surface area contributed by atoms with Crippen LogP contribution in [0.15, 0.2) is 61.3 Å². The number of nitrogens with zero attached hydrogens (tertiary/aromatic N) is 5. The van der Waals surface area contributed by atoms with Crippen LogP contribution in [0.1, 0.15) is 11.6 Å². The molecule has 0 saturated heterocycles. The van der Waals surface area contributed by atoms with Gasteiger partial charge in [0.1, 0.15) is 24.7 Å². The zero-order valence-electron chi connectivity index (χ0n) is 12.1. The third-order valence-corrected chi connectivity index (χ3v) is 3.32. The molecule has 1 N–H and O–H groups in total. The van der Waals surface area contributed by atoms with Crippen molar-refractivity contribution < 1.29 is 4.92 Å². The van der Waals surface area contributed by atoms with Crippen LogP contribution in [0.3, 0.4) is 0 Å². The molecule has 0 aliphatic rings. The minimum Gasteiger partial charge on any atom is -0.361 e. The molecule has 0 aliphatic carbocycles. The SMILES string of the molecule is O=[N+]([O-])c1ccc(N[C@@H](Cn2cncn2)c2ccccc2)nc1. The van der Waals surface area contributed by atoms with Crippen molar-refractivity contribution in [1.82, 2.24) is 19.7 Å². The number of rotatable bonds is 6. The number of nitro groups is 1. The Labute approximate surface area is 132 Å². The van der Waals surface area contributed by atoms with Gasteiger partial charge >= 0.3 is 0 Å². The molecule has 2 aromatic heterocycles. The van der Waals surface area contributed by atoms with E-state index >= 15 is 0 Å². The van der Waals surface area contributed by atoms with Crippen molar-refractivity contribution in [3.63, 3.8) is 0 Å². The van der Waals surface area contributed by atoms with Crippen molar-refractivity contribution in [3.05, 3.63) is 77.0 Å². The smallest absolute Gasteiger partial charge is 0.287 e. The maximum Gasteiger partial charge on any atom is 0.287 e. The standard InChI is InChI=1S/C15H14N6O2/c22-21(23)13-6-7-15(17-8-13)19-14(9-20-11-16-10-18-20)12-4-2-1-3-5-12/h1-8,10-11,14H,9H2,(H,17,19)/t14-/m0/s1. The highest BCUT2D eigenvalue weighted by atomic mass is 16.6. The lowest BCUT2D eigenvalue weighted by molar-refractivity contribution is -0.385. The topological polar surface area (TPSA) is 98.8 Å². The third-order valence-electron chi connectivity index (χ3n) is 3.32. The van der Waals surface area contributed by atoms with E-state index in [0.717, 1.165) is 5.56 Å². The second-order valence-electron chi connectivity index (χ2n) is 4.88. The van der Waals surface area contributed by atoms with Crippen molar-refractivity contribution >= 4 is 11.5 Å². The number of hydrogen-bond donors (Lipinski definition) is 1. The van der Waals surface area contributed by atoms with Crippen LogP contribution in [-0.2, 0) is 6.54 Å². The van der Waals surface area contributed by atoms with Crippen molar-refractivity contribution in [2.45, 2.75) is 12.6 Å². The van der Waals surface area contributed by atoms with Gasteiger partial charge in [-0.3, -0.25) is 14.8 Å². The summed E-state index contributed by atoms with van der Waals surface area (Å²) in [5.41, 5.74) is 1.02. The van der Waals surface area contributed by atoms with Gasteiger partial charge in [0.2, 0.25) is 0 Å². The van der Waals surface area contributed by atoms with Crippen LogP contribution in [-0.4, -0.2) is 24.7 Å². The maximum absolute atomic E-state index is 10.7. The lowest BCUT2D eigenvalue weighted by atomic mass is 10.1. The summed E-state index contributed by atoms with van der Waals surface area (Å²) < 4.78 is 1.72. The Kier molecular flexibility index (Phi) is 4.23. The van der Waals surface area contributed by atoms with Crippen molar-refractivity contribution in [2.75, 3.05) is 5.32 Å². The van der Waals surface area contributed by atoms with E-state index in [1.807, 2.05) is 30.3 Å². The summed E-state index contributed by atoms with van der Waals surface area (Å²) in [4.78, 5) is 18.3. The minimum absolute atomic E-state index is 0.0388. The highest BCUT2D eigenvalue weighted by Gasteiger charge is 2.14. The zero-order valence-corrected chi connectivity index (χ0v) is 12.1. The third kappa shape index (κ3) is 3.67. The van der Waals surface area contributed by atoms with Crippen LogP contribution in [0.25, 0.3) is 0 Å². The number of benzene rings is 1. The van der Waals surface area contributed by atoms with Crippen LogP contribution >= 0.6 is 0 Å². The fourth-order valence-corrected chi connectivity index (χ4v) is 2.19. The fraction of sp³-hybridized carbons (Fsp3) is 0.133. The molecule has 1 aromatic carbocycles. The molecule has 0 fully saturated rings. The lowest BCUT2D eigenvalue weighted by Gasteiger charge is -2.19. The van der Waals surface area contributed by atoms with Crippen LogP contribution < -0.4 is 5.32 Å². The summed E-state index contributed by atoms with van der Waals surface area (Å²) in [6.45, 7) is 0.558. The Bertz CT molecular complexity index is 758. The Morgan fingerprint density at radius 2 is 2.04 bits per heavy atom. The molecule has 0 aliphatic heterocycles. The van der Waals surface area contributed by atoms with Gasteiger partial charge in [-0.25, -0.2) is 9.97 Å². The Balaban J connectivity index is 1.82. The van der Waals surface area contributed by atoms with Crippen molar-refractivity contribution in [1.29, 1.82) is 0 Å². The van der Waals surface area contributed by atoms with Crippen LogP contribution in [0, 0.1) is 10.1 Å². The van der Waals surface area contributed by atoms with Crippen LogP contribution in [0.4, 0.5) is 11.5 Å². The van der Waals surface area contributed by atoms with E-state index in [1.165, 1.54) is 18.6 Å². The highest BCUT2D eigenvalue weighted by Crippen LogP contribution is 2.21. The van der Waals surface area contributed by atoms with Gasteiger partial charge < -0.3 is 5.32 Å². The molecule has 23 heavy (non-hydrogen) atoms. The summed E-state index contributed by atoms with van der Waals surface area (Å²) in [5, 5.41) is 18.1. The number of nitrogens with one attached hydrogen (secondary N) is 1. The minimum atomic E-state index is -0.471. The molecule has 0 spiro atoms. The lowest BCUT2D eigenvalue weighted by Crippen LogP contribution is -2.18.